The lowest BCUT2D eigenvalue weighted by atomic mass is 9.66. The maximum absolute atomic E-state index is 5.39. The van der Waals surface area contributed by atoms with E-state index < -0.39 is 5.41 Å². The molecule has 0 saturated carbocycles. The van der Waals surface area contributed by atoms with Crippen LogP contribution in [0.5, 0.6) is 0 Å². The third-order valence-corrected chi connectivity index (χ3v) is 12.9. The van der Waals surface area contributed by atoms with Crippen molar-refractivity contribution in [3.05, 3.63) is 265 Å². The van der Waals surface area contributed by atoms with Crippen LogP contribution >= 0.6 is 0 Å². The number of aromatic nitrogens is 2. The highest BCUT2D eigenvalue weighted by Gasteiger charge is 2.48. The van der Waals surface area contributed by atoms with Crippen molar-refractivity contribution in [1.29, 1.82) is 0 Å². The normalized spacial score (nSPS) is 12.6. The van der Waals surface area contributed by atoms with Crippen molar-refractivity contribution >= 4 is 21.5 Å². The Kier molecular flexibility index (Phi) is 8.76. The largest absolute Gasteiger partial charge is 0.228 e. The minimum Gasteiger partial charge on any atom is -0.228 e. The van der Waals surface area contributed by atoms with Crippen LogP contribution in [0, 0.1) is 0 Å². The standard InChI is InChI=1S/C61H40N2/c1-5-19-41(20-6-1)43-25-17-26-46(37-43)58-40-57(42-21-7-2-8-22-42)62-60(63-58)54-36-35-51(49-31-15-16-32-50(49)54)52-33-18-34-53-55-38-44-23-13-14-24-45(44)39-56(55)61(59(52)53,47-27-9-3-10-28-47)48-29-11-4-12-30-48/h1-40H. The molecule has 1 heterocycles. The Morgan fingerprint density at radius 1 is 0.286 bits per heavy atom. The van der Waals surface area contributed by atoms with Gasteiger partial charge in [-0.25, -0.2) is 9.97 Å². The second kappa shape index (κ2) is 15.1. The molecule has 0 N–H and O–H groups in total. The van der Waals surface area contributed by atoms with Crippen LogP contribution in [0.25, 0.3) is 88.8 Å². The van der Waals surface area contributed by atoms with Crippen molar-refractivity contribution in [3.8, 4) is 67.3 Å². The first kappa shape index (κ1) is 36.6. The number of benzene rings is 10. The van der Waals surface area contributed by atoms with E-state index in [0.717, 1.165) is 44.4 Å². The van der Waals surface area contributed by atoms with Crippen LogP contribution in [0.3, 0.4) is 0 Å². The minimum absolute atomic E-state index is 0.579. The molecule has 0 bridgehead atoms. The molecule has 0 unspecified atom stereocenters. The zero-order chi connectivity index (χ0) is 41.7. The van der Waals surface area contributed by atoms with Crippen LogP contribution in [0.1, 0.15) is 22.3 Å². The van der Waals surface area contributed by atoms with Gasteiger partial charge in [-0.15, -0.1) is 0 Å². The van der Waals surface area contributed by atoms with E-state index in [9.17, 15) is 0 Å². The lowest BCUT2D eigenvalue weighted by Gasteiger charge is -2.35. The van der Waals surface area contributed by atoms with Crippen molar-refractivity contribution in [2.75, 3.05) is 0 Å². The van der Waals surface area contributed by atoms with Crippen LogP contribution in [0.2, 0.25) is 0 Å². The Morgan fingerprint density at radius 2 is 0.762 bits per heavy atom. The van der Waals surface area contributed by atoms with E-state index >= 15 is 0 Å². The van der Waals surface area contributed by atoms with E-state index in [2.05, 4.69) is 237 Å². The lowest BCUT2D eigenvalue weighted by molar-refractivity contribution is 0.771. The molecule has 0 fully saturated rings. The first-order valence-corrected chi connectivity index (χ1v) is 21.6. The second-order valence-electron chi connectivity index (χ2n) is 16.4. The number of hydrogen-bond donors (Lipinski definition) is 0. The summed E-state index contributed by atoms with van der Waals surface area (Å²) >= 11 is 0. The molecule has 0 amide bonds. The quantitative estimate of drug-likeness (QED) is 0.160. The van der Waals surface area contributed by atoms with Crippen LogP contribution in [0.4, 0.5) is 0 Å². The average molecular weight is 801 g/mol. The molecule has 0 saturated heterocycles. The molecule has 0 aliphatic heterocycles. The fraction of sp³-hybridized carbons (Fsp3) is 0.0164. The van der Waals surface area contributed by atoms with Gasteiger partial charge in [0.15, 0.2) is 5.82 Å². The molecule has 2 heteroatoms. The predicted molar refractivity (Wildman–Crippen MR) is 262 cm³/mol. The molecule has 1 aromatic heterocycles. The topological polar surface area (TPSA) is 25.8 Å². The number of hydrogen-bond acceptors (Lipinski definition) is 2. The Morgan fingerprint density at radius 3 is 1.43 bits per heavy atom. The summed E-state index contributed by atoms with van der Waals surface area (Å²) in [6.45, 7) is 0. The van der Waals surface area contributed by atoms with Crippen molar-refractivity contribution in [2.24, 2.45) is 0 Å². The smallest absolute Gasteiger partial charge is 0.161 e. The van der Waals surface area contributed by atoms with E-state index in [4.69, 9.17) is 9.97 Å². The Bertz CT molecular complexity index is 3450. The van der Waals surface area contributed by atoms with Gasteiger partial charge < -0.3 is 0 Å². The SMILES string of the molecule is c1ccc(-c2cccc(-c3cc(-c4ccccc4)nc(-c4ccc(-c5cccc6c5C(c5ccccc5)(c5ccccc5)c5cc7ccccc7cc5-6)c5ccccc45)n3)c2)cc1. The first-order valence-electron chi connectivity index (χ1n) is 21.6. The summed E-state index contributed by atoms with van der Waals surface area (Å²) in [6.07, 6.45) is 0. The molecule has 2 nitrogen and oxygen atoms in total. The second-order valence-corrected chi connectivity index (χ2v) is 16.4. The third kappa shape index (κ3) is 6.02. The van der Waals surface area contributed by atoms with E-state index in [1.54, 1.807) is 0 Å². The molecule has 0 atom stereocenters. The van der Waals surface area contributed by atoms with Crippen LogP contribution < -0.4 is 0 Å². The molecule has 1 aliphatic rings. The van der Waals surface area contributed by atoms with Gasteiger partial charge in [-0.1, -0.05) is 212 Å². The Labute approximate surface area is 367 Å². The zero-order valence-corrected chi connectivity index (χ0v) is 34.5. The molecule has 294 valence electrons. The summed E-state index contributed by atoms with van der Waals surface area (Å²) in [5, 5.41) is 4.73. The van der Waals surface area contributed by atoms with Crippen LogP contribution in [-0.2, 0) is 5.41 Å². The lowest BCUT2D eigenvalue weighted by Crippen LogP contribution is -2.29. The average Bonchev–Trinajstić information content (AvgIpc) is 3.66. The summed E-state index contributed by atoms with van der Waals surface area (Å²) < 4.78 is 0. The van der Waals surface area contributed by atoms with Gasteiger partial charge in [-0.05, 0) is 108 Å². The monoisotopic (exact) mass is 800 g/mol. The number of rotatable bonds is 7. The first-order chi connectivity index (χ1) is 31.2. The number of nitrogens with zero attached hydrogens (tertiary/aromatic N) is 2. The molecular formula is C61H40N2. The Balaban J connectivity index is 1.10. The Hall–Kier alpha value is -8.20. The maximum Gasteiger partial charge on any atom is 0.161 e. The van der Waals surface area contributed by atoms with E-state index in [0.29, 0.717) is 5.82 Å². The predicted octanol–water partition coefficient (Wildman–Crippen LogP) is 15.5. The highest BCUT2D eigenvalue weighted by atomic mass is 14.9. The molecule has 11 aromatic rings. The van der Waals surface area contributed by atoms with Gasteiger partial charge in [0.2, 0.25) is 0 Å². The minimum atomic E-state index is -0.579. The van der Waals surface area contributed by atoms with Crippen LogP contribution in [0.15, 0.2) is 243 Å². The maximum atomic E-state index is 5.39. The van der Waals surface area contributed by atoms with Crippen molar-refractivity contribution in [1.82, 2.24) is 9.97 Å². The molecule has 63 heavy (non-hydrogen) atoms. The van der Waals surface area contributed by atoms with Gasteiger partial charge in [-0.2, -0.15) is 0 Å². The third-order valence-electron chi connectivity index (χ3n) is 12.9. The van der Waals surface area contributed by atoms with E-state index in [1.165, 1.54) is 60.8 Å². The van der Waals surface area contributed by atoms with Gasteiger partial charge in [0.1, 0.15) is 0 Å². The summed E-state index contributed by atoms with van der Waals surface area (Å²) in [4.78, 5) is 10.7. The molecule has 0 radical (unpaired) electrons. The highest BCUT2D eigenvalue weighted by Crippen LogP contribution is 2.60. The fourth-order valence-corrected chi connectivity index (χ4v) is 10.1. The van der Waals surface area contributed by atoms with Gasteiger partial charge in [0, 0.05) is 16.7 Å². The van der Waals surface area contributed by atoms with Crippen molar-refractivity contribution in [2.45, 2.75) is 5.41 Å². The van der Waals surface area contributed by atoms with E-state index in [1.807, 2.05) is 6.07 Å². The zero-order valence-electron chi connectivity index (χ0n) is 34.5. The van der Waals surface area contributed by atoms with Gasteiger partial charge in [-0.3, -0.25) is 0 Å². The van der Waals surface area contributed by atoms with Crippen LogP contribution in [-0.4, -0.2) is 9.97 Å². The fourth-order valence-electron chi connectivity index (χ4n) is 10.1. The molecule has 0 spiro atoms. The molecule has 10 aromatic carbocycles. The van der Waals surface area contributed by atoms with Crippen molar-refractivity contribution in [3.63, 3.8) is 0 Å². The number of fused-ring (bicyclic) bond motifs is 5. The molecular weight excluding hydrogens is 761 g/mol. The van der Waals surface area contributed by atoms with Gasteiger partial charge in [0.25, 0.3) is 0 Å². The summed E-state index contributed by atoms with van der Waals surface area (Å²) in [7, 11) is 0. The van der Waals surface area contributed by atoms with Crippen molar-refractivity contribution < 1.29 is 0 Å². The molecule has 1 aliphatic carbocycles. The summed E-state index contributed by atoms with van der Waals surface area (Å²) in [5.74, 6) is 0.694. The highest BCUT2D eigenvalue weighted by molar-refractivity contribution is 6.07. The summed E-state index contributed by atoms with van der Waals surface area (Å²) in [6, 6.07) is 87.8. The summed E-state index contributed by atoms with van der Waals surface area (Å²) in [5.41, 5.74) is 16.6. The molecule has 12 rings (SSSR count). The van der Waals surface area contributed by atoms with Gasteiger partial charge in [0.05, 0.1) is 16.8 Å². The van der Waals surface area contributed by atoms with E-state index in [-0.39, 0.29) is 0 Å². The van der Waals surface area contributed by atoms with Gasteiger partial charge >= 0.3 is 0 Å².